The predicted octanol–water partition coefficient (Wildman–Crippen LogP) is 4.46. The largest absolute Gasteiger partial charge is 0.496 e. The third-order valence-electron chi connectivity index (χ3n) is 3.93. The van der Waals surface area contributed by atoms with Crippen LogP contribution in [0.2, 0.25) is 0 Å². The smallest absolute Gasteiger partial charge is 0.189 e. The van der Waals surface area contributed by atoms with E-state index in [4.69, 9.17) is 4.74 Å². The number of allylic oxidation sites excluding steroid dienone is 3. The summed E-state index contributed by atoms with van der Waals surface area (Å²) in [6.45, 7) is 0. The molecule has 0 fully saturated rings. The van der Waals surface area contributed by atoms with Gasteiger partial charge in [-0.3, -0.25) is 4.79 Å². The highest BCUT2D eigenvalue weighted by Gasteiger charge is 2.20. The van der Waals surface area contributed by atoms with Crippen LogP contribution in [0.3, 0.4) is 0 Å². The molecule has 2 heteroatoms. The second kappa shape index (κ2) is 6.44. The van der Waals surface area contributed by atoms with Crippen LogP contribution in [-0.2, 0) is 6.42 Å². The molecule has 0 aliphatic heterocycles. The zero-order chi connectivity index (χ0) is 15.4. The number of methoxy groups -OCH3 is 1. The minimum Gasteiger partial charge on any atom is -0.496 e. The Morgan fingerprint density at radius 2 is 1.77 bits per heavy atom. The van der Waals surface area contributed by atoms with Crippen LogP contribution in [0.4, 0.5) is 0 Å². The average Bonchev–Trinajstić information content (AvgIpc) is 2.57. The summed E-state index contributed by atoms with van der Waals surface area (Å²) in [4.78, 5) is 12.5. The monoisotopic (exact) mass is 290 g/mol. The number of ketones is 1. The first-order valence-corrected chi connectivity index (χ1v) is 7.42. The van der Waals surface area contributed by atoms with Crippen LogP contribution >= 0.6 is 0 Å². The highest BCUT2D eigenvalue weighted by molar-refractivity contribution is 6.10. The third-order valence-corrected chi connectivity index (χ3v) is 3.93. The van der Waals surface area contributed by atoms with Crippen molar-refractivity contribution in [3.63, 3.8) is 0 Å². The summed E-state index contributed by atoms with van der Waals surface area (Å²) in [6.07, 6.45) is 7.55. The quantitative estimate of drug-likeness (QED) is 0.780. The number of Topliss-reactive ketones (excluding diaryl/α,β-unsaturated/α-hetero) is 1. The molecule has 0 aromatic heterocycles. The number of carbonyl (C=O) groups excluding carboxylic acids is 1. The van der Waals surface area contributed by atoms with Crippen molar-refractivity contribution in [2.75, 3.05) is 7.11 Å². The van der Waals surface area contributed by atoms with Crippen LogP contribution in [0.15, 0.2) is 66.3 Å². The fourth-order valence-corrected chi connectivity index (χ4v) is 2.75. The molecule has 0 unspecified atom stereocenters. The fraction of sp³-hybridized carbons (Fsp3) is 0.150. The van der Waals surface area contributed by atoms with E-state index in [1.54, 1.807) is 7.11 Å². The van der Waals surface area contributed by atoms with Crippen molar-refractivity contribution in [1.29, 1.82) is 0 Å². The second-order valence-corrected chi connectivity index (χ2v) is 5.28. The number of benzene rings is 2. The van der Waals surface area contributed by atoms with E-state index in [0.29, 0.717) is 0 Å². The Labute approximate surface area is 130 Å². The molecule has 2 aromatic rings. The third kappa shape index (κ3) is 2.86. The lowest BCUT2D eigenvalue weighted by atomic mass is 9.87. The number of hydrogen-bond donors (Lipinski definition) is 0. The van der Waals surface area contributed by atoms with Crippen molar-refractivity contribution in [1.82, 2.24) is 0 Å². The van der Waals surface area contributed by atoms with Gasteiger partial charge in [0.1, 0.15) is 5.75 Å². The summed E-state index contributed by atoms with van der Waals surface area (Å²) in [5.74, 6) is 0.976. The molecule has 0 spiro atoms. The van der Waals surface area contributed by atoms with E-state index in [-0.39, 0.29) is 5.78 Å². The number of para-hydroxylation sites is 1. The zero-order valence-corrected chi connectivity index (χ0v) is 12.6. The summed E-state index contributed by atoms with van der Waals surface area (Å²) in [5.41, 5.74) is 3.86. The van der Waals surface area contributed by atoms with Gasteiger partial charge in [-0.15, -0.1) is 0 Å². The first-order chi connectivity index (χ1) is 10.8. The van der Waals surface area contributed by atoms with Gasteiger partial charge in [-0.1, -0.05) is 60.7 Å². The number of fused-ring (bicyclic) bond motifs is 1. The molecule has 0 saturated heterocycles. The van der Waals surface area contributed by atoms with Gasteiger partial charge in [-0.25, -0.2) is 0 Å². The van der Waals surface area contributed by atoms with Gasteiger partial charge in [0.05, 0.1) is 7.11 Å². The lowest BCUT2D eigenvalue weighted by molar-refractivity contribution is 0.102. The average molecular weight is 290 g/mol. The van der Waals surface area contributed by atoms with E-state index in [1.165, 1.54) is 0 Å². The molecule has 22 heavy (non-hydrogen) atoms. The van der Waals surface area contributed by atoms with Gasteiger partial charge >= 0.3 is 0 Å². The molecular formula is C20H18O2. The highest BCUT2D eigenvalue weighted by atomic mass is 16.5. The Hall–Kier alpha value is -2.61. The van der Waals surface area contributed by atoms with E-state index < -0.39 is 0 Å². The second-order valence-electron chi connectivity index (χ2n) is 5.28. The standard InChI is InChI=1S/C20H18O2/c1-22-19-12-5-3-8-16(19)9-6-10-17-14-13-15-7-2-4-11-18(15)20(17)21/h2-12H,13-14H2,1H3/b9-6+,17-10+. The lowest BCUT2D eigenvalue weighted by Gasteiger charge is -2.16. The Morgan fingerprint density at radius 3 is 2.64 bits per heavy atom. The predicted molar refractivity (Wildman–Crippen MR) is 89.2 cm³/mol. The maximum absolute atomic E-state index is 12.5. The van der Waals surface area contributed by atoms with E-state index in [2.05, 4.69) is 0 Å². The SMILES string of the molecule is COc1ccccc1/C=C/C=C1\CCc2ccccc2C1=O. The Bertz CT molecular complexity index is 754. The number of rotatable bonds is 3. The normalized spacial score (nSPS) is 16.0. The van der Waals surface area contributed by atoms with Crippen molar-refractivity contribution >= 4 is 11.9 Å². The molecule has 1 aliphatic rings. The van der Waals surface area contributed by atoms with E-state index in [9.17, 15) is 4.79 Å². The fourth-order valence-electron chi connectivity index (χ4n) is 2.75. The van der Waals surface area contributed by atoms with Crippen LogP contribution in [0, 0.1) is 0 Å². The van der Waals surface area contributed by atoms with Crippen molar-refractivity contribution in [3.05, 3.63) is 82.9 Å². The molecule has 2 aromatic carbocycles. The van der Waals surface area contributed by atoms with Gasteiger partial charge in [0, 0.05) is 16.7 Å². The number of carbonyl (C=O) groups is 1. The Kier molecular flexibility index (Phi) is 4.19. The maximum atomic E-state index is 12.5. The molecule has 0 bridgehead atoms. The van der Waals surface area contributed by atoms with E-state index >= 15 is 0 Å². The summed E-state index contributed by atoms with van der Waals surface area (Å²) in [5, 5.41) is 0. The molecule has 2 nitrogen and oxygen atoms in total. The van der Waals surface area contributed by atoms with Gasteiger partial charge in [0.15, 0.2) is 5.78 Å². The summed E-state index contributed by atoms with van der Waals surface area (Å²) < 4.78 is 5.32. The van der Waals surface area contributed by atoms with Crippen molar-refractivity contribution in [2.24, 2.45) is 0 Å². The first-order valence-electron chi connectivity index (χ1n) is 7.42. The molecule has 0 heterocycles. The van der Waals surface area contributed by atoms with Gasteiger partial charge < -0.3 is 4.74 Å². The van der Waals surface area contributed by atoms with Gasteiger partial charge in [-0.2, -0.15) is 0 Å². The van der Waals surface area contributed by atoms with E-state index in [0.717, 1.165) is 40.9 Å². The Balaban J connectivity index is 1.82. The van der Waals surface area contributed by atoms with Crippen LogP contribution in [0.1, 0.15) is 27.9 Å². The molecular weight excluding hydrogens is 272 g/mol. The summed E-state index contributed by atoms with van der Waals surface area (Å²) in [6, 6.07) is 15.7. The lowest BCUT2D eigenvalue weighted by Crippen LogP contribution is -2.13. The molecule has 0 atom stereocenters. The van der Waals surface area contributed by atoms with Crippen LogP contribution in [0.5, 0.6) is 5.75 Å². The molecule has 0 radical (unpaired) electrons. The summed E-state index contributed by atoms with van der Waals surface area (Å²) >= 11 is 0. The maximum Gasteiger partial charge on any atom is 0.189 e. The highest BCUT2D eigenvalue weighted by Crippen LogP contribution is 2.25. The number of aryl methyl sites for hydroxylation is 1. The van der Waals surface area contributed by atoms with Gasteiger partial charge in [-0.05, 0) is 24.5 Å². The van der Waals surface area contributed by atoms with Crippen LogP contribution in [-0.4, -0.2) is 12.9 Å². The molecule has 110 valence electrons. The van der Waals surface area contributed by atoms with Gasteiger partial charge in [0.2, 0.25) is 0 Å². The van der Waals surface area contributed by atoms with Crippen LogP contribution < -0.4 is 4.74 Å². The minimum absolute atomic E-state index is 0.145. The Morgan fingerprint density at radius 1 is 1.00 bits per heavy atom. The molecule has 0 saturated carbocycles. The molecule has 0 N–H and O–H groups in total. The van der Waals surface area contributed by atoms with Crippen LogP contribution in [0.25, 0.3) is 6.08 Å². The van der Waals surface area contributed by atoms with Gasteiger partial charge in [0.25, 0.3) is 0 Å². The van der Waals surface area contributed by atoms with E-state index in [1.807, 2.05) is 66.8 Å². The summed E-state index contributed by atoms with van der Waals surface area (Å²) in [7, 11) is 1.66. The van der Waals surface area contributed by atoms with Crippen molar-refractivity contribution in [2.45, 2.75) is 12.8 Å². The molecule has 0 amide bonds. The van der Waals surface area contributed by atoms with Crippen molar-refractivity contribution in [3.8, 4) is 5.75 Å². The zero-order valence-electron chi connectivity index (χ0n) is 12.6. The molecule has 1 aliphatic carbocycles. The number of ether oxygens (including phenoxy) is 1. The number of hydrogen-bond acceptors (Lipinski definition) is 2. The van der Waals surface area contributed by atoms with Crippen molar-refractivity contribution < 1.29 is 9.53 Å². The minimum atomic E-state index is 0.145. The topological polar surface area (TPSA) is 26.3 Å². The molecule has 3 rings (SSSR count). The first kappa shape index (κ1) is 14.3.